The van der Waals surface area contributed by atoms with Crippen LogP contribution < -0.4 is 10.0 Å². The molecule has 0 spiro atoms. The zero-order valence-corrected chi connectivity index (χ0v) is 14.7. The van der Waals surface area contributed by atoms with Crippen molar-refractivity contribution in [2.45, 2.75) is 6.42 Å². The standard InChI is InChI=1S/C18H18N4O3S/c23-18(21-16-6-7-17-15(12-16)13-19-22-17)8-10-20-26(24,25)11-9-14-4-2-1-3-5-14/h1-7,9,11-13,20H,8,10H2,(H,19,22)(H,21,23)/b11-9+. The Morgan fingerprint density at radius 2 is 1.96 bits per heavy atom. The van der Waals surface area contributed by atoms with Crippen molar-refractivity contribution < 1.29 is 13.2 Å². The van der Waals surface area contributed by atoms with Gasteiger partial charge >= 0.3 is 0 Å². The van der Waals surface area contributed by atoms with E-state index in [9.17, 15) is 13.2 Å². The fourth-order valence-corrected chi connectivity index (χ4v) is 3.15. The molecule has 0 unspecified atom stereocenters. The molecule has 7 nitrogen and oxygen atoms in total. The van der Waals surface area contributed by atoms with Crippen LogP contribution in [0.15, 0.2) is 60.1 Å². The number of carbonyl (C=O) groups is 1. The van der Waals surface area contributed by atoms with Crippen molar-refractivity contribution in [3.63, 3.8) is 0 Å². The minimum atomic E-state index is -3.59. The number of sulfonamides is 1. The summed E-state index contributed by atoms with van der Waals surface area (Å²) in [7, 11) is -3.59. The van der Waals surface area contributed by atoms with Crippen molar-refractivity contribution in [1.29, 1.82) is 0 Å². The second-order valence-corrected chi connectivity index (χ2v) is 7.27. The lowest BCUT2D eigenvalue weighted by Crippen LogP contribution is -2.26. The highest BCUT2D eigenvalue weighted by Crippen LogP contribution is 2.16. The number of aromatic amines is 1. The smallest absolute Gasteiger partial charge is 0.233 e. The predicted octanol–water partition coefficient (Wildman–Crippen LogP) is 2.48. The summed E-state index contributed by atoms with van der Waals surface area (Å²) in [6.07, 6.45) is 3.20. The molecule has 2 aromatic carbocycles. The Labute approximate surface area is 151 Å². The molecule has 3 rings (SSSR count). The van der Waals surface area contributed by atoms with Gasteiger partial charge in [0.1, 0.15) is 0 Å². The maximum atomic E-state index is 12.0. The summed E-state index contributed by atoms with van der Waals surface area (Å²) in [5.41, 5.74) is 2.29. The fourth-order valence-electron chi connectivity index (χ4n) is 2.33. The van der Waals surface area contributed by atoms with E-state index in [4.69, 9.17) is 0 Å². The summed E-state index contributed by atoms with van der Waals surface area (Å²) in [5.74, 6) is -0.275. The Morgan fingerprint density at radius 3 is 2.77 bits per heavy atom. The molecule has 1 aromatic heterocycles. The molecule has 134 valence electrons. The number of amides is 1. The number of rotatable bonds is 7. The van der Waals surface area contributed by atoms with E-state index in [2.05, 4.69) is 20.2 Å². The number of hydrogen-bond acceptors (Lipinski definition) is 4. The molecule has 3 N–H and O–H groups in total. The van der Waals surface area contributed by atoms with Gasteiger partial charge in [0.05, 0.1) is 11.7 Å². The van der Waals surface area contributed by atoms with Gasteiger partial charge in [-0.1, -0.05) is 30.3 Å². The summed E-state index contributed by atoms with van der Waals surface area (Å²) < 4.78 is 26.2. The molecular weight excluding hydrogens is 352 g/mol. The molecule has 26 heavy (non-hydrogen) atoms. The molecule has 1 heterocycles. The summed E-state index contributed by atoms with van der Waals surface area (Å²) >= 11 is 0. The largest absolute Gasteiger partial charge is 0.326 e. The first-order valence-electron chi connectivity index (χ1n) is 7.98. The zero-order chi connectivity index (χ0) is 18.4. The van der Waals surface area contributed by atoms with E-state index in [1.165, 1.54) is 6.08 Å². The number of nitrogens with one attached hydrogen (secondary N) is 3. The van der Waals surface area contributed by atoms with Crippen molar-refractivity contribution in [3.05, 3.63) is 65.7 Å². The van der Waals surface area contributed by atoms with Crippen LogP contribution in [0.1, 0.15) is 12.0 Å². The number of fused-ring (bicyclic) bond motifs is 1. The average Bonchev–Trinajstić information content (AvgIpc) is 3.08. The number of aromatic nitrogens is 2. The third-order valence-electron chi connectivity index (χ3n) is 3.62. The molecule has 0 aliphatic carbocycles. The first kappa shape index (κ1) is 17.8. The monoisotopic (exact) mass is 370 g/mol. The Balaban J connectivity index is 1.48. The lowest BCUT2D eigenvalue weighted by atomic mass is 10.2. The van der Waals surface area contributed by atoms with Gasteiger partial charge in [-0.15, -0.1) is 0 Å². The van der Waals surface area contributed by atoms with Gasteiger partial charge in [0.2, 0.25) is 15.9 Å². The lowest BCUT2D eigenvalue weighted by Gasteiger charge is -2.06. The summed E-state index contributed by atoms with van der Waals surface area (Å²) in [5, 5.41) is 11.5. The highest BCUT2D eigenvalue weighted by molar-refractivity contribution is 7.92. The van der Waals surface area contributed by atoms with E-state index in [1.807, 2.05) is 24.3 Å². The first-order chi connectivity index (χ1) is 12.5. The van der Waals surface area contributed by atoms with Crippen LogP contribution in [-0.2, 0) is 14.8 Å². The molecular formula is C18H18N4O3S. The van der Waals surface area contributed by atoms with E-state index >= 15 is 0 Å². The SMILES string of the molecule is O=C(CCNS(=O)(=O)/C=C/c1ccccc1)Nc1ccc2[nH]ncc2c1. The molecule has 0 atom stereocenters. The van der Waals surface area contributed by atoms with Crippen LogP contribution in [0.4, 0.5) is 5.69 Å². The van der Waals surface area contributed by atoms with Crippen molar-refractivity contribution >= 4 is 38.6 Å². The number of benzene rings is 2. The van der Waals surface area contributed by atoms with Crippen LogP contribution in [0.2, 0.25) is 0 Å². The molecule has 1 amide bonds. The third-order valence-corrected chi connectivity index (χ3v) is 4.72. The van der Waals surface area contributed by atoms with Crippen LogP contribution in [0.3, 0.4) is 0 Å². The van der Waals surface area contributed by atoms with Crippen molar-refractivity contribution in [2.24, 2.45) is 0 Å². The molecule has 0 aliphatic heterocycles. The lowest BCUT2D eigenvalue weighted by molar-refractivity contribution is -0.116. The minimum Gasteiger partial charge on any atom is -0.326 e. The number of carbonyl (C=O) groups excluding carboxylic acids is 1. The maximum absolute atomic E-state index is 12.0. The normalized spacial score (nSPS) is 11.8. The Hall–Kier alpha value is -2.97. The summed E-state index contributed by atoms with van der Waals surface area (Å²) in [4.78, 5) is 12.0. The van der Waals surface area contributed by atoms with E-state index in [0.29, 0.717) is 5.69 Å². The van der Waals surface area contributed by atoms with Gasteiger partial charge in [-0.25, -0.2) is 13.1 Å². The minimum absolute atomic E-state index is 0.0151. The topological polar surface area (TPSA) is 104 Å². The van der Waals surface area contributed by atoms with Gasteiger partial charge < -0.3 is 5.32 Å². The molecule has 0 radical (unpaired) electrons. The van der Waals surface area contributed by atoms with Crippen LogP contribution in [-0.4, -0.2) is 31.1 Å². The maximum Gasteiger partial charge on any atom is 0.233 e. The van der Waals surface area contributed by atoms with Crippen LogP contribution in [0, 0.1) is 0 Å². The van der Waals surface area contributed by atoms with Gasteiger partial charge in [-0.3, -0.25) is 9.89 Å². The molecule has 0 saturated heterocycles. The van der Waals surface area contributed by atoms with Crippen molar-refractivity contribution in [1.82, 2.24) is 14.9 Å². The fraction of sp³-hybridized carbons (Fsp3) is 0.111. The number of nitrogens with zero attached hydrogens (tertiary/aromatic N) is 1. The number of anilines is 1. The molecule has 0 fully saturated rings. The quantitative estimate of drug-likeness (QED) is 0.594. The van der Waals surface area contributed by atoms with Gasteiger partial charge in [0, 0.05) is 29.4 Å². The number of hydrogen-bond donors (Lipinski definition) is 3. The van der Waals surface area contributed by atoms with Crippen molar-refractivity contribution in [3.8, 4) is 0 Å². The average molecular weight is 370 g/mol. The van der Waals surface area contributed by atoms with Crippen LogP contribution >= 0.6 is 0 Å². The third kappa shape index (κ3) is 5.01. The van der Waals surface area contributed by atoms with E-state index in [-0.39, 0.29) is 18.9 Å². The second-order valence-electron chi connectivity index (χ2n) is 5.62. The van der Waals surface area contributed by atoms with E-state index in [1.54, 1.807) is 30.5 Å². The summed E-state index contributed by atoms with van der Waals surface area (Å²) in [6.45, 7) is 0.0151. The zero-order valence-electron chi connectivity index (χ0n) is 13.8. The molecule has 0 aliphatic rings. The van der Waals surface area contributed by atoms with E-state index < -0.39 is 10.0 Å². The van der Waals surface area contributed by atoms with Crippen molar-refractivity contribution in [2.75, 3.05) is 11.9 Å². The van der Waals surface area contributed by atoms with Gasteiger partial charge in [0.25, 0.3) is 0 Å². The molecule has 8 heteroatoms. The molecule has 3 aromatic rings. The predicted molar refractivity (Wildman–Crippen MR) is 102 cm³/mol. The highest BCUT2D eigenvalue weighted by Gasteiger charge is 2.08. The van der Waals surface area contributed by atoms with Crippen LogP contribution in [0.25, 0.3) is 17.0 Å². The van der Waals surface area contributed by atoms with Gasteiger partial charge in [-0.05, 0) is 29.8 Å². The number of H-pyrrole nitrogens is 1. The molecule has 0 saturated carbocycles. The first-order valence-corrected chi connectivity index (χ1v) is 9.52. The Bertz CT molecular complexity index is 1030. The molecule has 0 bridgehead atoms. The van der Waals surface area contributed by atoms with Crippen LogP contribution in [0.5, 0.6) is 0 Å². The summed E-state index contributed by atoms with van der Waals surface area (Å²) in [6, 6.07) is 14.5. The second kappa shape index (κ2) is 7.94. The van der Waals surface area contributed by atoms with Gasteiger partial charge in [-0.2, -0.15) is 5.10 Å². The highest BCUT2D eigenvalue weighted by atomic mass is 32.2. The Morgan fingerprint density at radius 1 is 1.15 bits per heavy atom. The van der Waals surface area contributed by atoms with Gasteiger partial charge in [0.15, 0.2) is 0 Å². The van der Waals surface area contributed by atoms with E-state index in [0.717, 1.165) is 21.9 Å². The Kier molecular flexibility index (Phi) is 5.45.